The van der Waals surface area contributed by atoms with Gasteiger partial charge in [-0.3, -0.25) is 0 Å². The molecular formula is C20H6F14O2S. The highest BCUT2D eigenvalue weighted by atomic mass is 32.1. The molecule has 3 aromatic rings. The van der Waals surface area contributed by atoms with E-state index in [0.29, 0.717) is 14.2 Å². The molecule has 17 heteroatoms. The molecule has 0 aliphatic heterocycles. The SMILES string of the molecule is COc1c(-c2c(F)c(F)c(C(F)(F)F)c(F)c2F)sc(-c2c(F)c(F)c(C(F)(F)F)c(F)c2F)c1OC. The minimum absolute atomic E-state index is 0.380. The zero-order valence-corrected chi connectivity index (χ0v) is 18.3. The molecule has 0 bridgehead atoms. The Balaban J connectivity index is 2.48. The standard InChI is InChI=1S/C20H6F14O2S/c1-35-15-16(36-2)18(4-9(23)13(27)6(20(32,33)34)14(28)10(4)24)37-17(15)3-7(21)11(25)5(19(29,30)31)12(26)8(3)22/h1-2H3. The average Bonchev–Trinajstić information content (AvgIpc) is 3.13. The molecule has 1 aromatic heterocycles. The molecule has 0 atom stereocenters. The predicted molar refractivity (Wildman–Crippen MR) is 98.0 cm³/mol. The minimum atomic E-state index is -5.92. The molecule has 3 rings (SSSR count). The Bertz CT molecular complexity index is 1240. The number of thiophene rings is 1. The summed E-state index contributed by atoms with van der Waals surface area (Å²) >= 11 is -0.380. The number of hydrogen-bond donors (Lipinski definition) is 0. The first kappa shape index (κ1) is 28.3. The van der Waals surface area contributed by atoms with Crippen molar-refractivity contribution in [2.24, 2.45) is 0 Å². The molecule has 0 saturated heterocycles. The smallest absolute Gasteiger partial charge is 0.422 e. The van der Waals surface area contributed by atoms with E-state index < -0.39 is 102 Å². The van der Waals surface area contributed by atoms with Crippen LogP contribution in [0.2, 0.25) is 0 Å². The Morgan fingerprint density at radius 1 is 0.459 bits per heavy atom. The van der Waals surface area contributed by atoms with E-state index in [4.69, 9.17) is 9.47 Å². The highest BCUT2D eigenvalue weighted by Gasteiger charge is 2.45. The van der Waals surface area contributed by atoms with Crippen molar-refractivity contribution < 1.29 is 70.9 Å². The van der Waals surface area contributed by atoms with Crippen molar-refractivity contribution >= 4 is 11.3 Å². The van der Waals surface area contributed by atoms with Gasteiger partial charge in [0, 0.05) is 0 Å². The molecule has 202 valence electrons. The molecule has 0 fully saturated rings. The molecule has 2 nitrogen and oxygen atoms in total. The Labute approximate surface area is 199 Å². The van der Waals surface area contributed by atoms with Crippen molar-refractivity contribution in [1.29, 1.82) is 0 Å². The van der Waals surface area contributed by atoms with E-state index >= 15 is 0 Å². The van der Waals surface area contributed by atoms with Crippen molar-refractivity contribution in [3.63, 3.8) is 0 Å². The van der Waals surface area contributed by atoms with Crippen molar-refractivity contribution in [2.45, 2.75) is 12.4 Å². The summed E-state index contributed by atoms with van der Waals surface area (Å²) in [5.74, 6) is -24.5. The van der Waals surface area contributed by atoms with Gasteiger partial charge in [-0.15, -0.1) is 11.3 Å². The number of alkyl halides is 6. The van der Waals surface area contributed by atoms with Gasteiger partial charge in [-0.25, -0.2) is 35.1 Å². The highest BCUT2D eigenvalue weighted by molar-refractivity contribution is 7.19. The van der Waals surface area contributed by atoms with Crippen LogP contribution < -0.4 is 9.47 Å². The summed E-state index contributed by atoms with van der Waals surface area (Å²) in [7, 11) is 1.34. The number of methoxy groups -OCH3 is 2. The van der Waals surface area contributed by atoms with Crippen molar-refractivity contribution in [3.05, 3.63) is 57.7 Å². The first-order valence-electron chi connectivity index (χ1n) is 9.03. The maximum absolute atomic E-state index is 14.6. The van der Waals surface area contributed by atoms with Crippen LogP contribution in [0.1, 0.15) is 11.1 Å². The van der Waals surface area contributed by atoms with E-state index in [1.165, 1.54) is 0 Å². The van der Waals surface area contributed by atoms with Crippen LogP contribution in [0.4, 0.5) is 61.5 Å². The van der Waals surface area contributed by atoms with E-state index in [2.05, 4.69) is 0 Å². The third kappa shape index (κ3) is 4.31. The summed E-state index contributed by atoms with van der Waals surface area (Å²) in [5, 5.41) is 0. The lowest BCUT2D eigenvalue weighted by molar-refractivity contribution is -0.144. The van der Waals surface area contributed by atoms with Crippen molar-refractivity contribution in [2.75, 3.05) is 14.2 Å². The van der Waals surface area contributed by atoms with Gasteiger partial charge in [0.1, 0.15) is 11.1 Å². The van der Waals surface area contributed by atoms with Gasteiger partial charge in [0.2, 0.25) is 0 Å². The van der Waals surface area contributed by atoms with Gasteiger partial charge in [0.05, 0.1) is 35.1 Å². The number of ether oxygens (including phenoxy) is 2. The summed E-state index contributed by atoms with van der Waals surface area (Å²) in [6, 6.07) is 0. The van der Waals surface area contributed by atoms with Crippen LogP contribution >= 0.6 is 11.3 Å². The number of rotatable bonds is 4. The lowest BCUT2D eigenvalue weighted by Gasteiger charge is -2.14. The number of halogens is 14. The fraction of sp³-hybridized carbons (Fsp3) is 0.200. The Morgan fingerprint density at radius 3 is 0.892 bits per heavy atom. The van der Waals surface area contributed by atoms with Gasteiger partial charge in [0.25, 0.3) is 0 Å². The summed E-state index contributed by atoms with van der Waals surface area (Å²) in [4.78, 5) is -2.48. The van der Waals surface area contributed by atoms with Gasteiger partial charge in [-0.1, -0.05) is 0 Å². The maximum Gasteiger partial charge on any atom is 0.422 e. The summed E-state index contributed by atoms with van der Waals surface area (Å²) in [5.41, 5.74) is -9.75. The molecule has 0 aliphatic carbocycles. The number of hydrogen-bond acceptors (Lipinski definition) is 3. The molecular weight excluding hydrogens is 570 g/mol. The molecule has 0 radical (unpaired) electrons. The lowest BCUT2D eigenvalue weighted by Crippen LogP contribution is -2.16. The zero-order chi connectivity index (χ0) is 28.4. The third-order valence-electron chi connectivity index (χ3n) is 4.78. The van der Waals surface area contributed by atoms with Gasteiger partial charge in [0.15, 0.2) is 58.0 Å². The van der Waals surface area contributed by atoms with Crippen LogP contribution in [-0.4, -0.2) is 14.2 Å². The van der Waals surface area contributed by atoms with Crippen molar-refractivity contribution in [3.8, 4) is 32.4 Å². The van der Waals surface area contributed by atoms with Crippen LogP contribution in [0.15, 0.2) is 0 Å². The summed E-state index contributed by atoms with van der Waals surface area (Å²) < 4.78 is 202. The van der Waals surface area contributed by atoms with Gasteiger partial charge in [-0.2, -0.15) is 26.3 Å². The third-order valence-corrected chi connectivity index (χ3v) is 5.97. The fourth-order valence-corrected chi connectivity index (χ4v) is 4.56. The van der Waals surface area contributed by atoms with Crippen LogP contribution in [0, 0.1) is 46.5 Å². The maximum atomic E-state index is 14.6. The quantitative estimate of drug-likeness (QED) is 0.230. The van der Waals surface area contributed by atoms with E-state index in [1.54, 1.807) is 0 Å². The molecule has 0 N–H and O–H groups in total. The number of benzene rings is 2. The Morgan fingerprint density at radius 2 is 0.703 bits per heavy atom. The van der Waals surface area contributed by atoms with Crippen LogP contribution in [0.5, 0.6) is 11.5 Å². The molecule has 37 heavy (non-hydrogen) atoms. The van der Waals surface area contributed by atoms with E-state index in [1.807, 2.05) is 0 Å². The summed E-state index contributed by atoms with van der Waals surface area (Å²) in [6.45, 7) is 0. The second-order valence-electron chi connectivity index (χ2n) is 6.83. The second-order valence-corrected chi connectivity index (χ2v) is 7.85. The largest absolute Gasteiger partial charge is 0.491 e. The molecule has 0 amide bonds. The van der Waals surface area contributed by atoms with Crippen LogP contribution in [-0.2, 0) is 12.4 Å². The lowest BCUT2D eigenvalue weighted by atomic mass is 10.0. The van der Waals surface area contributed by atoms with Crippen molar-refractivity contribution in [1.82, 2.24) is 0 Å². The Hall–Kier alpha value is -3.24. The summed E-state index contributed by atoms with van der Waals surface area (Å²) in [6.07, 6.45) is -11.8. The molecule has 0 aliphatic rings. The molecule has 0 unspecified atom stereocenters. The molecule has 2 aromatic carbocycles. The minimum Gasteiger partial charge on any atom is -0.491 e. The normalized spacial score (nSPS) is 12.3. The highest BCUT2D eigenvalue weighted by Crippen LogP contribution is 2.55. The van der Waals surface area contributed by atoms with E-state index in [0.717, 1.165) is 0 Å². The predicted octanol–water partition coefficient (Wildman–Crippen LogP) is 8.25. The first-order valence-corrected chi connectivity index (χ1v) is 9.85. The van der Waals surface area contributed by atoms with E-state index in [-0.39, 0.29) is 11.3 Å². The first-order chi connectivity index (χ1) is 16.9. The monoisotopic (exact) mass is 576 g/mol. The fourth-order valence-electron chi connectivity index (χ4n) is 3.26. The topological polar surface area (TPSA) is 18.5 Å². The molecule has 1 heterocycles. The van der Waals surface area contributed by atoms with Gasteiger partial charge >= 0.3 is 12.4 Å². The zero-order valence-electron chi connectivity index (χ0n) is 17.5. The molecule has 0 spiro atoms. The van der Waals surface area contributed by atoms with E-state index in [9.17, 15) is 61.5 Å². The van der Waals surface area contributed by atoms with Crippen LogP contribution in [0.25, 0.3) is 20.9 Å². The second kappa shape index (κ2) is 9.25. The molecule has 0 saturated carbocycles. The average molecular weight is 576 g/mol. The Kier molecular flexibility index (Phi) is 7.09. The van der Waals surface area contributed by atoms with Gasteiger partial charge < -0.3 is 9.47 Å². The van der Waals surface area contributed by atoms with Gasteiger partial charge in [-0.05, 0) is 0 Å². The van der Waals surface area contributed by atoms with Crippen LogP contribution in [0.3, 0.4) is 0 Å².